The number of hydrogen-bond acceptors (Lipinski definition) is 2. The van der Waals surface area contributed by atoms with Gasteiger partial charge in [0.2, 0.25) is 0 Å². The summed E-state index contributed by atoms with van der Waals surface area (Å²) >= 11 is 0. The van der Waals surface area contributed by atoms with Gasteiger partial charge in [0, 0.05) is 19.1 Å². The Bertz CT molecular complexity index is 219. The van der Waals surface area contributed by atoms with Crippen molar-refractivity contribution in [3.8, 4) is 0 Å². The maximum Gasteiger partial charge on any atom is 0.0644 e. The first-order valence-corrected chi connectivity index (χ1v) is 6.93. The third kappa shape index (κ3) is 2.98. The molecule has 2 fully saturated rings. The molecule has 16 heavy (non-hydrogen) atoms. The first kappa shape index (κ1) is 12.4. The largest absolute Gasteiger partial charge is 0.390 e. The van der Waals surface area contributed by atoms with Crippen LogP contribution in [0.1, 0.15) is 52.9 Å². The Morgan fingerprint density at radius 2 is 1.50 bits per heavy atom. The van der Waals surface area contributed by atoms with Crippen molar-refractivity contribution in [3.63, 3.8) is 0 Å². The molecule has 1 N–H and O–H groups in total. The first-order valence-electron chi connectivity index (χ1n) is 6.93. The minimum Gasteiger partial charge on any atom is -0.390 e. The number of nitrogens with zero attached hydrogens (tertiary/aromatic N) is 1. The van der Waals surface area contributed by atoms with Crippen LogP contribution in [0.15, 0.2) is 0 Å². The van der Waals surface area contributed by atoms with Crippen LogP contribution < -0.4 is 0 Å². The van der Waals surface area contributed by atoms with E-state index in [2.05, 4.69) is 18.7 Å². The van der Waals surface area contributed by atoms with Gasteiger partial charge in [0.05, 0.1) is 5.60 Å². The van der Waals surface area contributed by atoms with Crippen LogP contribution in [0.4, 0.5) is 0 Å². The van der Waals surface area contributed by atoms with Crippen LogP contribution in [0, 0.1) is 11.8 Å². The van der Waals surface area contributed by atoms with E-state index in [0.29, 0.717) is 0 Å². The summed E-state index contributed by atoms with van der Waals surface area (Å²) in [4.78, 5) is 2.63. The zero-order chi connectivity index (χ0) is 11.8. The van der Waals surface area contributed by atoms with Gasteiger partial charge >= 0.3 is 0 Å². The molecule has 0 spiro atoms. The van der Waals surface area contributed by atoms with Gasteiger partial charge in [-0.1, -0.05) is 13.8 Å². The molecule has 94 valence electrons. The van der Waals surface area contributed by atoms with E-state index in [0.717, 1.165) is 43.8 Å². The molecule has 2 atom stereocenters. The fourth-order valence-electron chi connectivity index (χ4n) is 3.57. The standard InChI is InChI=1S/C14H27NO/c1-11-8-12(2)10-13(9-11)15-6-4-14(3,16)5-7-15/h11-13,16H,4-10H2,1-3H3. The minimum atomic E-state index is -0.400. The summed E-state index contributed by atoms with van der Waals surface area (Å²) in [7, 11) is 0. The Morgan fingerprint density at radius 1 is 1.00 bits per heavy atom. The molecule has 1 aliphatic carbocycles. The Morgan fingerprint density at radius 3 is 2.00 bits per heavy atom. The van der Waals surface area contributed by atoms with E-state index in [-0.39, 0.29) is 0 Å². The number of rotatable bonds is 1. The molecule has 1 saturated carbocycles. The summed E-state index contributed by atoms with van der Waals surface area (Å²) in [6.07, 6.45) is 6.04. The van der Waals surface area contributed by atoms with E-state index in [1.165, 1.54) is 19.3 Å². The first-order chi connectivity index (χ1) is 7.46. The molecule has 2 rings (SSSR count). The van der Waals surface area contributed by atoms with Crippen molar-refractivity contribution in [3.05, 3.63) is 0 Å². The van der Waals surface area contributed by atoms with Gasteiger partial charge in [-0.15, -0.1) is 0 Å². The normalized spacial score (nSPS) is 40.9. The van der Waals surface area contributed by atoms with Crippen molar-refractivity contribution in [1.82, 2.24) is 4.90 Å². The van der Waals surface area contributed by atoms with Gasteiger partial charge in [-0.2, -0.15) is 0 Å². The second-order valence-electron chi connectivity index (χ2n) is 6.60. The summed E-state index contributed by atoms with van der Waals surface area (Å²) in [6.45, 7) is 8.95. The van der Waals surface area contributed by atoms with Gasteiger partial charge in [0.25, 0.3) is 0 Å². The van der Waals surface area contributed by atoms with Gasteiger partial charge in [-0.25, -0.2) is 0 Å². The molecule has 2 nitrogen and oxygen atoms in total. The molecule has 0 aromatic heterocycles. The van der Waals surface area contributed by atoms with Gasteiger partial charge in [-0.3, -0.25) is 0 Å². The highest BCUT2D eigenvalue weighted by molar-refractivity contribution is 4.88. The molecule has 1 saturated heterocycles. The topological polar surface area (TPSA) is 23.5 Å². The molecule has 2 aliphatic rings. The quantitative estimate of drug-likeness (QED) is 0.741. The van der Waals surface area contributed by atoms with Crippen LogP contribution in [0.2, 0.25) is 0 Å². The smallest absolute Gasteiger partial charge is 0.0644 e. The lowest BCUT2D eigenvalue weighted by atomic mass is 9.79. The van der Waals surface area contributed by atoms with E-state index < -0.39 is 5.60 Å². The molecule has 0 radical (unpaired) electrons. The van der Waals surface area contributed by atoms with Crippen LogP contribution in [0.25, 0.3) is 0 Å². The summed E-state index contributed by atoms with van der Waals surface area (Å²) in [5.41, 5.74) is -0.400. The van der Waals surface area contributed by atoms with E-state index in [1.807, 2.05) is 6.92 Å². The summed E-state index contributed by atoms with van der Waals surface area (Å²) in [6, 6.07) is 0.787. The van der Waals surface area contributed by atoms with E-state index in [9.17, 15) is 5.11 Å². The molecule has 0 bridgehead atoms. The van der Waals surface area contributed by atoms with Gasteiger partial charge in [-0.05, 0) is 50.9 Å². The van der Waals surface area contributed by atoms with Crippen LogP contribution in [-0.4, -0.2) is 34.7 Å². The van der Waals surface area contributed by atoms with Gasteiger partial charge in [0.1, 0.15) is 0 Å². The molecule has 0 amide bonds. The van der Waals surface area contributed by atoms with Crippen molar-refractivity contribution in [2.75, 3.05) is 13.1 Å². The zero-order valence-electron chi connectivity index (χ0n) is 11.1. The molecular formula is C14H27NO. The Hall–Kier alpha value is -0.0800. The highest BCUT2D eigenvalue weighted by atomic mass is 16.3. The lowest BCUT2D eigenvalue weighted by molar-refractivity contribution is -0.0263. The van der Waals surface area contributed by atoms with Gasteiger partial charge in [0.15, 0.2) is 0 Å². The maximum atomic E-state index is 9.97. The van der Waals surface area contributed by atoms with E-state index in [4.69, 9.17) is 0 Å². The van der Waals surface area contributed by atoms with Gasteiger partial charge < -0.3 is 10.0 Å². The summed E-state index contributed by atoms with van der Waals surface area (Å²) in [5.74, 6) is 1.77. The Labute approximate surface area is 100 Å². The third-order valence-corrected chi connectivity index (χ3v) is 4.55. The predicted octanol–water partition coefficient (Wildman–Crippen LogP) is 2.66. The van der Waals surface area contributed by atoms with E-state index >= 15 is 0 Å². The van der Waals surface area contributed by atoms with Crippen LogP contribution in [-0.2, 0) is 0 Å². The number of piperidine rings is 1. The SMILES string of the molecule is CC1CC(C)CC(N2CCC(C)(O)CC2)C1. The number of likely N-dealkylation sites (tertiary alicyclic amines) is 1. The second-order valence-corrected chi connectivity index (χ2v) is 6.60. The average Bonchev–Trinajstić information content (AvgIpc) is 2.15. The van der Waals surface area contributed by atoms with Crippen molar-refractivity contribution in [2.24, 2.45) is 11.8 Å². The van der Waals surface area contributed by atoms with E-state index in [1.54, 1.807) is 0 Å². The molecule has 1 aliphatic heterocycles. The maximum absolute atomic E-state index is 9.97. The monoisotopic (exact) mass is 225 g/mol. The minimum absolute atomic E-state index is 0.400. The van der Waals surface area contributed by atoms with Crippen LogP contribution in [0.5, 0.6) is 0 Å². The summed E-state index contributed by atoms with van der Waals surface area (Å²) < 4.78 is 0. The predicted molar refractivity (Wildman–Crippen MR) is 67.4 cm³/mol. The highest BCUT2D eigenvalue weighted by Crippen LogP contribution is 2.33. The number of aliphatic hydroxyl groups is 1. The van der Waals surface area contributed by atoms with Crippen molar-refractivity contribution in [2.45, 2.75) is 64.5 Å². The average molecular weight is 225 g/mol. The second kappa shape index (κ2) is 4.66. The van der Waals surface area contributed by atoms with Crippen molar-refractivity contribution < 1.29 is 5.11 Å². The molecule has 0 aromatic carbocycles. The molecule has 0 aromatic rings. The van der Waals surface area contributed by atoms with Crippen LogP contribution in [0.3, 0.4) is 0 Å². The lowest BCUT2D eigenvalue weighted by Gasteiger charge is -2.44. The molecule has 2 heteroatoms. The summed E-state index contributed by atoms with van der Waals surface area (Å²) in [5, 5.41) is 9.97. The third-order valence-electron chi connectivity index (χ3n) is 4.55. The molecule has 1 heterocycles. The number of hydrogen-bond donors (Lipinski definition) is 1. The fraction of sp³-hybridized carbons (Fsp3) is 1.00. The Kier molecular flexibility index (Phi) is 3.60. The van der Waals surface area contributed by atoms with Crippen molar-refractivity contribution >= 4 is 0 Å². The van der Waals surface area contributed by atoms with Crippen molar-refractivity contribution in [1.29, 1.82) is 0 Å². The molecule has 2 unspecified atom stereocenters. The highest BCUT2D eigenvalue weighted by Gasteiger charge is 2.33. The Balaban J connectivity index is 1.88. The lowest BCUT2D eigenvalue weighted by Crippen LogP contribution is -2.49. The zero-order valence-corrected chi connectivity index (χ0v) is 11.1. The molecular weight excluding hydrogens is 198 g/mol. The van der Waals surface area contributed by atoms with Crippen LogP contribution >= 0.6 is 0 Å². The fourth-order valence-corrected chi connectivity index (χ4v) is 3.57.